The second-order valence-electron chi connectivity index (χ2n) is 10.3. The Labute approximate surface area is 246 Å². The number of aliphatic carboxylic acids is 1. The molecule has 1 saturated carbocycles. The van der Waals surface area contributed by atoms with E-state index in [-0.39, 0.29) is 17.8 Å². The van der Waals surface area contributed by atoms with E-state index in [4.69, 9.17) is 5.11 Å². The Kier molecular flexibility index (Phi) is 10.3. The van der Waals surface area contributed by atoms with Gasteiger partial charge in [-0.1, -0.05) is 49.6 Å². The standard InChI is InChI=1S/C31H32F3N3O6/c32-31(33,34)43-26-8-4-7-24(17-26)36-30(42)37(25-15-13-22(14-16-25)21-5-2-1-3-6-21)19-20-9-11-23(12-10-20)28(39)35-18-27(38)29(40)41/h4,7-17,21,27,38H,1-3,5-6,18-19H2,(H,35,39)(H,36,42)(H,40,41)/t27-/m1/s1. The van der Waals surface area contributed by atoms with Crippen molar-refractivity contribution < 1.29 is 42.5 Å². The Morgan fingerprint density at radius 2 is 1.63 bits per heavy atom. The maximum Gasteiger partial charge on any atom is 0.573 e. The number of carboxylic acid groups (broad SMARTS) is 1. The van der Waals surface area contributed by atoms with Gasteiger partial charge in [0.15, 0.2) is 6.10 Å². The predicted octanol–water partition coefficient (Wildman–Crippen LogP) is 6.05. The molecule has 0 heterocycles. The molecule has 9 nitrogen and oxygen atoms in total. The fourth-order valence-electron chi connectivity index (χ4n) is 4.93. The maximum atomic E-state index is 13.5. The number of anilines is 2. The van der Waals surface area contributed by atoms with Crippen molar-refractivity contribution in [3.8, 4) is 5.75 Å². The molecule has 0 bridgehead atoms. The fraction of sp³-hybridized carbons (Fsp3) is 0.323. The SMILES string of the molecule is O=C(NC[C@@H](O)C(=O)O)c1ccc(CN(C(=O)Nc2cccc(OC(F)(F)F)c2)c2ccc(C3CCCCC3)cc2)cc1. The van der Waals surface area contributed by atoms with Crippen molar-refractivity contribution in [2.75, 3.05) is 16.8 Å². The first-order chi connectivity index (χ1) is 20.5. The van der Waals surface area contributed by atoms with Gasteiger partial charge in [-0.3, -0.25) is 9.69 Å². The number of alkyl halides is 3. The summed E-state index contributed by atoms with van der Waals surface area (Å²) >= 11 is 0. The minimum atomic E-state index is -4.88. The number of nitrogens with one attached hydrogen (secondary N) is 2. The summed E-state index contributed by atoms with van der Waals surface area (Å²) in [6.07, 6.45) is -0.834. The number of halogens is 3. The summed E-state index contributed by atoms with van der Waals surface area (Å²) in [5.74, 6) is -2.06. The Bertz CT molecular complexity index is 1410. The van der Waals surface area contributed by atoms with Gasteiger partial charge in [-0.2, -0.15) is 0 Å². The number of benzene rings is 3. The molecule has 3 aromatic rings. The van der Waals surface area contributed by atoms with Gasteiger partial charge < -0.3 is 25.6 Å². The number of aliphatic hydroxyl groups is 1. The quantitative estimate of drug-likeness (QED) is 0.225. The summed E-state index contributed by atoms with van der Waals surface area (Å²) < 4.78 is 42.1. The Balaban J connectivity index is 1.53. The van der Waals surface area contributed by atoms with Gasteiger partial charge in [0.1, 0.15) is 5.75 Å². The topological polar surface area (TPSA) is 128 Å². The molecule has 0 aromatic heterocycles. The summed E-state index contributed by atoms with van der Waals surface area (Å²) in [4.78, 5) is 38.0. The van der Waals surface area contributed by atoms with Gasteiger partial charge >= 0.3 is 18.4 Å². The van der Waals surface area contributed by atoms with E-state index in [1.165, 1.54) is 54.0 Å². The van der Waals surface area contributed by atoms with E-state index in [1.54, 1.807) is 12.1 Å². The molecule has 1 fully saturated rings. The Morgan fingerprint density at radius 1 is 0.953 bits per heavy atom. The van der Waals surface area contributed by atoms with E-state index < -0.39 is 42.7 Å². The molecule has 0 spiro atoms. The molecule has 1 aliphatic carbocycles. The Hall–Kier alpha value is -4.58. The number of urea groups is 1. The average Bonchev–Trinajstić information content (AvgIpc) is 2.98. The zero-order chi connectivity index (χ0) is 31.0. The van der Waals surface area contributed by atoms with E-state index >= 15 is 0 Å². The zero-order valence-corrected chi connectivity index (χ0v) is 23.1. The van der Waals surface area contributed by atoms with Gasteiger partial charge in [-0.05, 0) is 66.3 Å². The monoisotopic (exact) mass is 599 g/mol. The van der Waals surface area contributed by atoms with Crippen LogP contribution in [0.3, 0.4) is 0 Å². The number of rotatable bonds is 10. The molecule has 1 atom stereocenters. The fourth-order valence-corrected chi connectivity index (χ4v) is 4.93. The van der Waals surface area contributed by atoms with Crippen LogP contribution < -0.4 is 20.3 Å². The highest BCUT2D eigenvalue weighted by Crippen LogP contribution is 2.34. The third kappa shape index (κ3) is 9.20. The lowest BCUT2D eigenvalue weighted by molar-refractivity contribution is -0.274. The van der Waals surface area contributed by atoms with Gasteiger partial charge in [0.05, 0.1) is 13.1 Å². The number of aliphatic hydroxyl groups excluding tert-OH is 1. The molecule has 4 N–H and O–H groups in total. The van der Waals surface area contributed by atoms with E-state index in [2.05, 4.69) is 15.4 Å². The van der Waals surface area contributed by atoms with Crippen molar-refractivity contribution >= 4 is 29.3 Å². The third-order valence-corrected chi connectivity index (χ3v) is 7.14. The minimum Gasteiger partial charge on any atom is -0.479 e. The summed E-state index contributed by atoms with van der Waals surface area (Å²) in [5.41, 5.74) is 2.71. The number of hydrogen-bond donors (Lipinski definition) is 4. The van der Waals surface area contributed by atoms with Crippen molar-refractivity contribution in [3.63, 3.8) is 0 Å². The van der Waals surface area contributed by atoms with Crippen molar-refractivity contribution in [3.05, 3.63) is 89.5 Å². The summed E-state index contributed by atoms with van der Waals surface area (Å²) in [5, 5.41) is 23.1. The molecule has 0 radical (unpaired) electrons. The molecular formula is C31H32F3N3O6. The normalized spacial score (nSPS) is 14.4. The number of amides is 3. The van der Waals surface area contributed by atoms with Crippen LogP contribution in [0.5, 0.6) is 5.75 Å². The van der Waals surface area contributed by atoms with Crippen molar-refractivity contribution in [2.24, 2.45) is 0 Å². The molecule has 43 heavy (non-hydrogen) atoms. The van der Waals surface area contributed by atoms with E-state index in [9.17, 15) is 32.7 Å². The van der Waals surface area contributed by atoms with Crippen LogP contribution in [-0.4, -0.2) is 47.1 Å². The van der Waals surface area contributed by atoms with Gasteiger partial charge in [0, 0.05) is 23.0 Å². The first-order valence-corrected chi connectivity index (χ1v) is 13.8. The molecule has 3 amide bonds. The van der Waals surface area contributed by atoms with Crippen LogP contribution in [-0.2, 0) is 11.3 Å². The highest BCUT2D eigenvalue weighted by molar-refractivity contribution is 6.01. The first-order valence-electron chi connectivity index (χ1n) is 13.8. The second kappa shape index (κ2) is 14.1. The maximum absolute atomic E-state index is 13.5. The summed E-state index contributed by atoms with van der Waals surface area (Å²) in [6.45, 7) is -0.400. The molecule has 12 heteroatoms. The van der Waals surface area contributed by atoms with Gasteiger partial charge in [-0.15, -0.1) is 13.2 Å². The van der Waals surface area contributed by atoms with Crippen LogP contribution in [0, 0.1) is 0 Å². The minimum absolute atomic E-state index is 0.0625. The average molecular weight is 600 g/mol. The van der Waals surface area contributed by atoms with Crippen molar-refractivity contribution in [1.29, 1.82) is 0 Å². The molecule has 1 aliphatic rings. The third-order valence-electron chi connectivity index (χ3n) is 7.14. The van der Waals surface area contributed by atoms with E-state index in [0.717, 1.165) is 25.0 Å². The molecule has 4 rings (SSSR count). The van der Waals surface area contributed by atoms with Gasteiger partial charge in [0.2, 0.25) is 0 Å². The molecule has 0 aliphatic heterocycles. The highest BCUT2D eigenvalue weighted by Gasteiger charge is 2.31. The van der Waals surface area contributed by atoms with E-state index in [1.807, 2.05) is 24.3 Å². The largest absolute Gasteiger partial charge is 0.573 e. The van der Waals surface area contributed by atoms with Gasteiger partial charge in [0.25, 0.3) is 5.91 Å². The number of carbonyl (C=O) groups is 3. The number of nitrogens with zero attached hydrogens (tertiary/aromatic N) is 1. The van der Waals surface area contributed by atoms with Crippen LogP contribution in [0.2, 0.25) is 0 Å². The van der Waals surface area contributed by atoms with Crippen molar-refractivity contribution in [2.45, 2.75) is 57.0 Å². The summed E-state index contributed by atoms with van der Waals surface area (Å²) in [6, 6.07) is 18.3. The number of ether oxygens (including phenoxy) is 1. The van der Waals surface area contributed by atoms with E-state index in [0.29, 0.717) is 17.2 Å². The highest BCUT2D eigenvalue weighted by atomic mass is 19.4. The molecule has 228 valence electrons. The lowest BCUT2D eigenvalue weighted by Gasteiger charge is -2.26. The lowest BCUT2D eigenvalue weighted by atomic mass is 9.84. The number of carbonyl (C=O) groups excluding carboxylic acids is 2. The molecule has 3 aromatic carbocycles. The molecule has 0 unspecified atom stereocenters. The van der Waals surface area contributed by atoms with Gasteiger partial charge in [-0.25, -0.2) is 9.59 Å². The van der Waals surface area contributed by atoms with Crippen LogP contribution in [0.15, 0.2) is 72.8 Å². The molecule has 0 saturated heterocycles. The van der Waals surface area contributed by atoms with Crippen LogP contribution in [0.25, 0.3) is 0 Å². The number of hydrogen-bond acceptors (Lipinski definition) is 5. The van der Waals surface area contributed by atoms with Crippen molar-refractivity contribution in [1.82, 2.24) is 5.32 Å². The smallest absolute Gasteiger partial charge is 0.479 e. The Morgan fingerprint density at radius 3 is 2.26 bits per heavy atom. The van der Waals surface area contributed by atoms with Crippen LogP contribution in [0.4, 0.5) is 29.3 Å². The van der Waals surface area contributed by atoms with Crippen LogP contribution in [0.1, 0.15) is 59.5 Å². The number of carboxylic acids is 1. The first kappa shape index (κ1) is 31.4. The zero-order valence-electron chi connectivity index (χ0n) is 23.1. The van der Waals surface area contributed by atoms with Crippen LogP contribution >= 0.6 is 0 Å². The lowest BCUT2D eigenvalue weighted by Crippen LogP contribution is -2.36. The predicted molar refractivity (Wildman–Crippen MR) is 153 cm³/mol. The summed E-state index contributed by atoms with van der Waals surface area (Å²) in [7, 11) is 0. The second-order valence-corrected chi connectivity index (χ2v) is 10.3. The molecular weight excluding hydrogens is 567 g/mol.